The fourth-order valence-electron chi connectivity index (χ4n) is 2.86. The summed E-state index contributed by atoms with van der Waals surface area (Å²) in [6, 6.07) is 12.6. The molecule has 162 valence electrons. The predicted molar refractivity (Wildman–Crippen MR) is 124 cm³/mol. The molecule has 0 aliphatic heterocycles. The normalized spacial score (nSPS) is 10.1. The van der Waals surface area contributed by atoms with E-state index in [-0.39, 0.29) is 18.0 Å². The van der Waals surface area contributed by atoms with Crippen molar-refractivity contribution in [3.8, 4) is 0 Å². The molecule has 0 radical (unpaired) electrons. The van der Waals surface area contributed by atoms with Gasteiger partial charge in [0.15, 0.2) is 0 Å². The highest BCUT2D eigenvalue weighted by Crippen LogP contribution is 2.21. The third-order valence-electron chi connectivity index (χ3n) is 4.34. The van der Waals surface area contributed by atoms with Crippen LogP contribution >= 0.6 is 11.6 Å². The first kappa shape index (κ1) is 24.0. The van der Waals surface area contributed by atoms with Gasteiger partial charge in [-0.3, -0.25) is 14.6 Å². The summed E-state index contributed by atoms with van der Waals surface area (Å²) >= 11 is 6.44. The molecule has 0 fully saturated rings. The minimum Gasteiger partial charge on any atom is -0.347 e. The first-order chi connectivity index (χ1) is 14.9. The number of carbonyl (C=O) groups is 1. The summed E-state index contributed by atoms with van der Waals surface area (Å²) in [5, 5.41) is 10.7. The first-order valence-corrected chi connectivity index (χ1v) is 10.1. The number of carbonyl (C=O) groups excluding carboxylic acids is 1. The van der Waals surface area contributed by atoms with Crippen molar-refractivity contribution in [3.63, 3.8) is 0 Å². The van der Waals surface area contributed by atoms with Gasteiger partial charge in [0.1, 0.15) is 0 Å². The molecule has 0 saturated heterocycles. The van der Waals surface area contributed by atoms with E-state index in [1.807, 2.05) is 24.3 Å². The van der Waals surface area contributed by atoms with Gasteiger partial charge in [-0.1, -0.05) is 29.8 Å². The molecule has 0 bridgehead atoms. The van der Waals surface area contributed by atoms with Crippen LogP contribution in [0, 0.1) is 5.41 Å². The third kappa shape index (κ3) is 7.16. The summed E-state index contributed by atoms with van der Waals surface area (Å²) in [4.78, 5) is 28.2. The molecule has 0 aliphatic carbocycles. The molecule has 3 rings (SSSR count). The molecule has 0 aliphatic rings. The van der Waals surface area contributed by atoms with Crippen LogP contribution in [0.3, 0.4) is 0 Å². The van der Waals surface area contributed by atoms with E-state index in [2.05, 4.69) is 16.0 Å². The fraction of sp³-hybridized carbons (Fsp3) is 0.217. The number of nitrogens with one attached hydrogen (secondary N) is 2. The van der Waals surface area contributed by atoms with Gasteiger partial charge < -0.3 is 21.0 Å². The van der Waals surface area contributed by atoms with Crippen LogP contribution < -0.4 is 16.6 Å². The summed E-state index contributed by atoms with van der Waals surface area (Å²) in [6.07, 6.45) is 5.52. The van der Waals surface area contributed by atoms with Crippen molar-refractivity contribution in [2.24, 2.45) is 5.73 Å². The number of halogens is 1. The Labute approximate surface area is 186 Å². The second-order valence-corrected chi connectivity index (χ2v) is 7.22. The Kier molecular flexibility index (Phi) is 9.12. The first-order valence-electron chi connectivity index (χ1n) is 9.69. The maximum absolute atomic E-state index is 12.2. The second-order valence-electron chi connectivity index (χ2n) is 6.81. The van der Waals surface area contributed by atoms with Crippen LogP contribution in [0.1, 0.15) is 34.0 Å². The van der Waals surface area contributed by atoms with Crippen molar-refractivity contribution in [2.75, 3.05) is 13.6 Å². The Morgan fingerprint density at radius 1 is 1.16 bits per heavy atom. The number of amides is 1. The molecule has 0 saturated carbocycles. The largest absolute Gasteiger partial charge is 0.347 e. The van der Waals surface area contributed by atoms with E-state index < -0.39 is 0 Å². The molecular weight excluding hydrogens is 414 g/mol. The van der Waals surface area contributed by atoms with Crippen molar-refractivity contribution in [1.29, 1.82) is 5.41 Å². The van der Waals surface area contributed by atoms with Crippen molar-refractivity contribution in [3.05, 3.63) is 98.7 Å². The molecule has 8 heteroatoms. The number of nitrogens with two attached hydrogens (primary N) is 1. The summed E-state index contributed by atoms with van der Waals surface area (Å²) in [7, 11) is 1.50. The summed E-state index contributed by atoms with van der Waals surface area (Å²) in [5.41, 5.74) is 7.98. The highest BCUT2D eigenvalue weighted by molar-refractivity contribution is 6.31. The van der Waals surface area contributed by atoms with Crippen molar-refractivity contribution in [2.45, 2.75) is 19.9 Å². The number of benzene rings is 1. The zero-order valence-electron chi connectivity index (χ0n) is 17.6. The minimum absolute atomic E-state index is 0.0768. The lowest BCUT2D eigenvalue weighted by molar-refractivity contribution is 0.0958. The lowest BCUT2D eigenvalue weighted by Gasteiger charge is -2.10. The zero-order valence-corrected chi connectivity index (χ0v) is 18.3. The van der Waals surface area contributed by atoms with Gasteiger partial charge in [0.05, 0.1) is 18.7 Å². The number of hydrogen-bond acceptors (Lipinski definition) is 5. The number of nitrogens with zero attached hydrogens (tertiary/aromatic N) is 2. The molecule has 2 heterocycles. The summed E-state index contributed by atoms with van der Waals surface area (Å²) in [6.45, 7) is 2.25. The summed E-state index contributed by atoms with van der Waals surface area (Å²) in [5.74, 6) is -0.257. The average Bonchev–Trinajstić information content (AvgIpc) is 2.77. The van der Waals surface area contributed by atoms with E-state index in [1.54, 1.807) is 36.0 Å². The molecule has 0 unspecified atom stereocenters. The molecular formula is C23H26ClN5O2. The Bertz CT molecular complexity index is 1110. The van der Waals surface area contributed by atoms with Crippen molar-refractivity contribution >= 4 is 23.2 Å². The maximum atomic E-state index is 12.2. The molecule has 2 aromatic heterocycles. The molecule has 1 amide bonds. The van der Waals surface area contributed by atoms with Crippen LogP contribution in [-0.2, 0) is 13.0 Å². The van der Waals surface area contributed by atoms with Crippen LogP contribution in [0.25, 0.3) is 0 Å². The van der Waals surface area contributed by atoms with E-state index in [0.29, 0.717) is 29.3 Å². The van der Waals surface area contributed by atoms with Crippen LogP contribution in [0.2, 0.25) is 5.02 Å². The van der Waals surface area contributed by atoms with Gasteiger partial charge >= 0.3 is 0 Å². The number of rotatable bonds is 7. The lowest BCUT2D eigenvalue weighted by atomic mass is 10.0. The highest BCUT2D eigenvalue weighted by atomic mass is 35.5. The molecule has 4 N–H and O–H groups in total. The molecule has 7 nitrogen and oxygen atoms in total. The zero-order chi connectivity index (χ0) is 22.8. The topological polar surface area (TPSA) is 114 Å². The van der Waals surface area contributed by atoms with Gasteiger partial charge in [0.2, 0.25) is 0 Å². The average molecular weight is 440 g/mol. The van der Waals surface area contributed by atoms with Gasteiger partial charge in [0.25, 0.3) is 11.5 Å². The van der Waals surface area contributed by atoms with Gasteiger partial charge in [-0.15, -0.1) is 0 Å². The SMILES string of the molecule is CC(=N)CNC(=O)c1cncc(Cc2ccc(Cn3ccccc3=O)c(Cl)c2)c1.CN. The standard InChI is InChI=1S/C22H21ClN4O2.CH5N/c1-15(24)11-26-22(29)19-9-17(12-25-13-19)8-16-5-6-18(20(23)10-16)14-27-7-3-2-4-21(27)28;1-2/h2-7,9-10,12-13,24H,8,11,14H2,1H3,(H,26,29);2H2,1H3. The molecule has 31 heavy (non-hydrogen) atoms. The van der Waals surface area contributed by atoms with Crippen molar-refractivity contribution in [1.82, 2.24) is 14.9 Å². The van der Waals surface area contributed by atoms with Crippen molar-refractivity contribution < 1.29 is 4.79 Å². The van der Waals surface area contributed by atoms with Crippen LogP contribution in [0.5, 0.6) is 0 Å². The van der Waals surface area contributed by atoms with Crippen LogP contribution in [-0.4, -0.2) is 34.8 Å². The van der Waals surface area contributed by atoms with Gasteiger partial charge in [0, 0.05) is 35.4 Å². The van der Waals surface area contributed by atoms with Gasteiger partial charge in [-0.25, -0.2) is 0 Å². The smallest absolute Gasteiger partial charge is 0.253 e. The van der Waals surface area contributed by atoms with Gasteiger partial charge in [-0.05, 0) is 55.3 Å². The minimum atomic E-state index is -0.257. The Balaban J connectivity index is 0.00000166. The molecule has 0 spiro atoms. The van der Waals surface area contributed by atoms with E-state index in [9.17, 15) is 9.59 Å². The van der Waals surface area contributed by atoms with E-state index >= 15 is 0 Å². The lowest BCUT2D eigenvalue weighted by Crippen LogP contribution is -2.28. The molecule has 1 aromatic carbocycles. The number of hydrogen-bond donors (Lipinski definition) is 3. The summed E-state index contributed by atoms with van der Waals surface area (Å²) < 4.78 is 1.60. The number of aromatic nitrogens is 2. The van der Waals surface area contributed by atoms with E-state index in [4.69, 9.17) is 17.0 Å². The predicted octanol–water partition coefficient (Wildman–Crippen LogP) is 2.88. The fourth-order valence-corrected chi connectivity index (χ4v) is 3.13. The quantitative estimate of drug-likeness (QED) is 0.491. The third-order valence-corrected chi connectivity index (χ3v) is 4.69. The Hall–Kier alpha value is -3.29. The van der Waals surface area contributed by atoms with E-state index in [0.717, 1.165) is 16.7 Å². The van der Waals surface area contributed by atoms with Gasteiger partial charge in [-0.2, -0.15) is 0 Å². The maximum Gasteiger partial charge on any atom is 0.253 e. The highest BCUT2D eigenvalue weighted by Gasteiger charge is 2.09. The Morgan fingerprint density at radius 2 is 1.94 bits per heavy atom. The monoisotopic (exact) mass is 439 g/mol. The number of pyridine rings is 2. The molecule has 3 aromatic rings. The molecule has 0 atom stereocenters. The van der Waals surface area contributed by atoms with Crippen LogP contribution in [0.4, 0.5) is 0 Å². The second kappa shape index (κ2) is 11.8. The van der Waals surface area contributed by atoms with Crippen LogP contribution in [0.15, 0.2) is 65.8 Å². The van der Waals surface area contributed by atoms with E-state index in [1.165, 1.54) is 19.3 Å². The Morgan fingerprint density at radius 3 is 2.61 bits per heavy atom.